The molecule has 1 rings (SSSR count). The molecule has 0 radical (unpaired) electrons. The predicted molar refractivity (Wildman–Crippen MR) is 83.3 cm³/mol. The molecule has 0 saturated heterocycles. The Morgan fingerprint density at radius 2 is 1.76 bits per heavy atom. The van der Waals surface area contributed by atoms with Gasteiger partial charge in [0.2, 0.25) is 0 Å². The number of hydrogen-bond acceptors (Lipinski definition) is 2. The Hall–Kier alpha value is -1.26. The molecule has 1 aliphatic rings. The maximum absolute atomic E-state index is 12.2. The smallest absolute Gasteiger partial charge is 0.317 e. The van der Waals surface area contributed by atoms with Crippen molar-refractivity contribution in [3.05, 3.63) is 0 Å². The van der Waals surface area contributed by atoms with Gasteiger partial charge in [-0.2, -0.15) is 0 Å². The molecule has 0 bridgehead atoms. The van der Waals surface area contributed by atoms with Gasteiger partial charge in [0.1, 0.15) is 0 Å². The van der Waals surface area contributed by atoms with Crippen LogP contribution in [0, 0.1) is 11.3 Å². The van der Waals surface area contributed by atoms with Crippen LogP contribution in [0.15, 0.2) is 0 Å². The second-order valence-corrected chi connectivity index (χ2v) is 6.59. The summed E-state index contributed by atoms with van der Waals surface area (Å²) in [4.78, 5) is 25.7. The van der Waals surface area contributed by atoms with E-state index in [2.05, 4.69) is 19.2 Å². The number of urea groups is 1. The summed E-state index contributed by atoms with van der Waals surface area (Å²) in [7, 11) is 0. The number of hydrogen-bond donors (Lipinski definition) is 2. The molecule has 0 unspecified atom stereocenters. The van der Waals surface area contributed by atoms with Crippen molar-refractivity contribution in [1.29, 1.82) is 0 Å². The molecule has 0 atom stereocenters. The molecular formula is C16H30N2O3. The number of carboxylic acids is 1. The molecule has 0 heterocycles. The molecule has 1 aliphatic carbocycles. The first kappa shape index (κ1) is 17.8. The maximum Gasteiger partial charge on any atom is 0.317 e. The minimum Gasteiger partial charge on any atom is -0.481 e. The Kier molecular flexibility index (Phi) is 6.99. The van der Waals surface area contributed by atoms with E-state index in [-0.39, 0.29) is 12.6 Å². The highest BCUT2D eigenvalue weighted by Crippen LogP contribution is 2.34. The lowest BCUT2D eigenvalue weighted by atomic mass is 9.80. The average Bonchev–Trinajstić information content (AvgIpc) is 2.68. The highest BCUT2D eigenvalue weighted by atomic mass is 16.4. The van der Waals surface area contributed by atoms with Crippen molar-refractivity contribution in [3.8, 4) is 0 Å². The highest BCUT2D eigenvalue weighted by Gasteiger charge is 2.39. The Morgan fingerprint density at radius 1 is 1.19 bits per heavy atom. The van der Waals surface area contributed by atoms with E-state index in [1.54, 1.807) is 4.90 Å². The standard InChI is InChI=1S/C16H30N2O3/c1-4-18(11-13(2)3)15(21)17-12-16(14(19)20)9-7-5-6-8-10-16/h13H,4-12H2,1-3H3,(H,17,21)(H,19,20). The Bertz CT molecular complexity index is 347. The summed E-state index contributed by atoms with van der Waals surface area (Å²) in [6, 6.07) is -0.143. The fourth-order valence-electron chi connectivity index (χ4n) is 3.02. The van der Waals surface area contributed by atoms with E-state index < -0.39 is 11.4 Å². The van der Waals surface area contributed by atoms with Crippen molar-refractivity contribution < 1.29 is 14.7 Å². The van der Waals surface area contributed by atoms with E-state index in [1.165, 1.54) is 0 Å². The number of carbonyl (C=O) groups is 2. The van der Waals surface area contributed by atoms with Gasteiger partial charge in [0.05, 0.1) is 5.41 Å². The van der Waals surface area contributed by atoms with Gasteiger partial charge >= 0.3 is 12.0 Å². The minimum atomic E-state index is -0.774. The number of amides is 2. The number of rotatable bonds is 6. The third kappa shape index (κ3) is 5.21. The Morgan fingerprint density at radius 3 is 2.19 bits per heavy atom. The molecule has 2 amide bonds. The van der Waals surface area contributed by atoms with Gasteiger partial charge in [-0.1, -0.05) is 39.5 Å². The van der Waals surface area contributed by atoms with E-state index in [0.717, 1.165) is 25.7 Å². The van der Waals surface area contributed by atoms with E-state index in [0.29, 0.717) is 31.8 Å². The van der Waals surface area contributed by atoms with Crippen molar-refractivity contribution >= 4 is 12.0 Å². The van der Waals surface area contributed by atoms with Crippen LogP contribution >= 0.6 is 0 Å². The molecule has 1 fully saturated rings. The number of carboxylic acid groups (broad SMARTS) is 1. The zero-order chi connectivity index (χ0) is 15.9. The van der Waals surface area contributed by atoms with Gasteiger partial charge in [0.25, 0.3) is 0 Å². The summed E-state index contributed by atoms with van der Waals surface area (Å²) in [5.74, 6) is -0.362. The van der Waals surface area contributed by atoms with Crippen LogP contribution in [0.3, 0.4) is 0 Å². The lowest BCUT2D eigenvalue weighted by Crippen LogP contribution is -2.48. The van der Waals surface area contributed by atoms with E-state index >= 15 is 0 Å². The lowest BCUT2D eigenvalue weighted by Gasteiger charge is -2.30. The molecule has 2 N–H and O–H groups in total. The lowest BCUT2D eigenvalue weighted by molar-refractivity contribution is -0.149. The first-order valence-corrected chi connectivity index (χ1v) is 8.17. The molecule has 5 heteroatoms. The Labute approximate surface area is 128 Å². The summed E-state index contributed by atoms with van der Waals surface area (Å²) < 4.78 is 0. The molecule has 0 aliphatic heterocycles. The molecule has 1 saturated carbocycles. The van der Waals surface area contributed by atoms with E-state index in [1.807, 2.05) is 6.92 Å². The van der Waals surface area contributed by atoms with Crippen molar-refractivity contribution in [3.63, 3.8) is 0 Å². The normalized spacial score (nSPS) is 18.1. The third-order valence-electron chi connectivity index (χ3n) is 4.35. The van der Waals surface area contributed by atoms with Crippen LogP contribution in [-0.4, -0.2) is 41.6 Å². The third-order valence-corrected chi connectivity index (χ3v) is 4.35. The van der Waals surface area contributed by atoms with Crippen molar-refractivity contribution in [2.45, 2.75) is 59.3 Å². The summed E-state index contributed by atoms with van der Waals surface area (Å²) in [5.41, 5.74) is -0.774. The SMILES string of the molecule is CCN(CC(C)C)C(=O)NCC1(C(=O)O)CCCCCC1. The van der Waals surface area contributed by atoms with Gasteiger partial charge in [0, 0.05) is 19.6 Å². The number of nitrogens with zero attached hydrogens (tertiary/aromatic N) is 1. The molecule has 0 aromatic heterocycles. The van der Waals surface area contributed by atoms with Gasteiger partial charge < -0.3 is 15.3 Å². The fraction of sp³-hybridized carbons (Fsp3) is 0.875. The van der Waals surface area contributed by atoms with E-state index in [9.17, 15) is 14.7 Å². The zero-order valence-electron chi connectivity index (χ0n) is 13.7. The van der Waals surface area contributed by atoms with Crippen LogP contribution in [-0.2, 0) is 4.79 Å². The summed E-state index contributed by atoms with van der Waals surface area (Å²) in [5, 5.41) is 12.5. The first-order chi connectivity index (χ1) is 9.91. The molecular weight excluding hydrogens is 268 g/mol. The van der Waals surface area contributed by atoms with Crippen molar-refractivity contribution in [2.24, 2.45) is 11.3 Å². The van der Waals surface area contributed by atoms with Gasteiger partial charge in [-0.05, 0) is 25.7 Å². The second-order valence-electron chi connectivity index (χ2n) is 6.59. The molecule has 21 heavy (non-hydrogen) atoms. The summed E-state index contributed by atoms with van der Waals surface area (Å²) in [6.07, 6.45) is 5.39. The molecule has 0 spiro atoms. The maximum atomic E-state index is 12.2. The molecule has 5 nitrogen and oxygen atoms in total. The second kappa shape index (κ2) is 8.25. The quantitative estimate of drug-likeness (QED) is 0.740. The molecule has 0 aromatic rings. The molecule has 122 valence electrons. The topological polar surface area (TPSA) is 69.6 Å². The van der Waals surface area contributed by atoms with Crippen LogP contribution in [0.2, 0.25) is 0 Å². The summed E-state index contributed by atoms with van der Waals surface area (Å²) >= 11 is 0. The zero-order valence-corrected chi connectivity index (χ0v) is 13.7. The highest BCUT2D eigenvalue weighted by molar-refractivity contribution is 5.78. The van der Waals surface area contributed by atoms with Crippen molar-refractivity contribution in [2.75, 3.05) is 19.6 Å². The van der Waals surface area contributed by atoms with Crippen LogP contribution in [0.5, 0.6) is 0 Å². The van der Waals surface area contributed by atoms with Gasteiger partial charge in [-0.15, -0.1) is 0 Å². The largest absolute Gasteiger partial charge is 0.481 e. The van der Waals surface area contributed by atoms with Crippen LogP contribution in [0.1, 0.15) is 59.3 Å². The predicted octanol–water partition coefficient (Wildman–Crippen LogP) is 3.10. The molecule has 0 aromatic carbocycles. The Balaban J connectivity index is 2.63. The van der Waals surface area contributed by atoms with E-state index in [4.69, 9.17) is 0 Å². The first-order valence-electron chi connectivity index (χ1n) is 8.17. The van der Waals surface area contributed by atoms with Crippen LogP contribution in [0.4, 0.5) is 4.79 Å². The fourth-order valence-corrected chi connectivity index (χ4v) is 3.02. The minimum absolute atomic E-state index is 0.143. The number of nitrogens with one attached hydrogen (secondary N) is 1. The van der Waals surface area contributed by atoms with Gasteiger partial charge in [0.15, 0.2) is 0 Å². The monoisotopic (exact) mass is 298 g/mol. The summed E-state index contributed by atoms with van der Waals surface area (Å²) in [6.45, 7) is 7.67. The van der Waals surface area contributed by atoms with Crippen molar-refractivity contribution in [1.82, 2.24) is 10.2 Å². The number of carbonyl (C=O) groups excluding carboxylic acids is 1. The average molecular weight is 298 g/mol. The van der Waals surface area contributed by atoms with Gasteiger partial charge in [-0.3, -0.25) is 4.79 Å². The van der Waals surface area contributed by atoms with Crippen LogP contribution in [0.25, 0.3) is 0 Å². The number of aliphatic carboxylic acids is 1. The van der Waals surface area contributed by atoms with Crippen LogP contribution < -0.4 is 5.32 Å². The van der Waals surface area contributed by atoms with Gasteiger partial charge in [-0.25, -0.2) is 4.79 Å².